The van der Waals surface area contributed by atoms with Crippen LogP contribution in [-0.4, -0.2) is 23.2 Å². The summed E-state index contributed by atoms with van der Waals surface area (Å²) in [4.78, 5) is 8.56. The number of nitrogen functional groups attached to an aromatic ring is 1. The van der Waals surface area contributed by atoms with E-state index in [-0.39, 0.29) is 0 Å². The van der Waals surface area contributed by atoms with Crippen LogP contribution in [0.25, 0.3) is 11.3 Å². The molecule has 20 heavy (non-hydrogen) atoms. The predicted octanol–water partition coefficient (Wildman–Crippen LogP) is 2.62. The first kappa shape index (κ1) is 12.7. The molecule has 1 aliphatic heterocycles. The Morgan fingerprint density at radius 3 is 2.55 bits per heavy atom. The van der Waals surface area contributed by atoms with E-state index in [9.17, 15) is 0 Å². The summed E-state index contributed by atoms with van der Waals surface area (Å²) in [6, 6.07) is 7.75. The van der Waals surface area contributed by atoms with Crippen LogP contribution >= 0.6 is 0 Å². The Hall–Kier alpha value is -2.30. The molecule has 2 N–H and O–H groups in total. The van der Waals surface area contributed by atoms with Crippen LogP contribution < -0.4 is 15.2 Å². The lowest BCUT2D eigenvalue weighted by molar-refractivity contribution is 0.171. The van der Waals surface area contributed by atoms with E-state index < -0.39 is 0 Å². The van der Waals surface area contributed by atoms with E-state index >= 15 is 0 Å². The fourth-order valence-electron chi connectivity index (χ4n) is 2.13. The maximum absolute atomic E-state index is 5.79. The van der Waals surface area contributed by atoms with Crippen LogP contribution in [-0.2, 0) is 0 Å². The summed E-state index contributed by atoms with van der Waals surface area (Å²) >= 11 is 0. The molecule has 3 rings (SSSR count). The SMILES string of the molecule is CC(C)c1cc(-c2ccc3c(c2)OCCO3)nc(N)n1. The summed E-state index contributed by atoms with van der Waals surface area (Å²) in [5.74, 6) is 2.11. The van der Waals surface area contributed by atoms with E-state index in [4.69, 9.17) is 15.2 Å². The monoisotopic (exact) mass is 271 g/mol. The summed E-state index contributed by atoms with van der Waals surface area (Å²) in [5, 5.41) is 0. The minimum Gasteiger partial charge on any atom is -0.486 e. The minimum atomic E-state index is 0.293. The lowest BCUT2D eigenvalue weighted by Crippen LogP contribution is -2.15. The van der Waals surface area contributed by atoms with Gasteiger partial charge in [0.15, 0.2) is 11.5 Å². The molecule has 104 valence electrons. The van der Waals surface area contributed by atoms with Gasteiger partial charge in [-0.2, -0.15) is 0 Å². The van der Waals surface area contributed by atoms with Gasteiger partial charge >= 0.3 is 0 Å². The number of benzene rings is 1. The van der Waals surface area contributed by atoms with Crippen LogP contribution in [0.3, 0.4) is 0 Å². The number of fused-ring (bicyclic) bond motifs is 1. The molecule has 0 bridgehead atoms. The van der Waals surface area contributed by atoms with Crippen molar-refractivity contribution < 1.29 is 9.47 Å². The van der Waals surface area contributed by atoms with Crippen LogP contribution in [0.2, 0.25) is 0 Å². The lowest BCUT2D eigenvalue weighted by Gasteiger charge is -2.19. The van der Waals surface area contributed by atoms with Crippen molar-refractivity contribution in [1.29, 1.82) is 0 Å². The van der Waals surface area contributed by atoms with Crippen molar-refractivity contribution in [2.24, 2.45) is 0 Å². The van der Waals surface area contributed by atoms with E-state index in [1.54, 1.807) is 0 Å². The molecule has 0 radical (unpaired) electrons. The van der Waals surface area contributed by atoms with Crippen LogP contribution in [0.4, 0.5) is 5.95 Å². The van der Waals surface area contributed by atoms with Crippen LogP contribution in [0.5, 0.6) is 11.5 Å². The molecule has 0 unspecified atom stereocenters. The molecule has 0 saturated heterocycles. The Bertz CT molecular complexity index is 641. The molecule has 0 atom stereocenters. The van der Waals surface area contributed by atoms with Crippen molar-refractivity contribution in [3.8, 4) is 22.8 Å². The summed E-state index contributed by atoms with van der Waals surface area (Å²) in [5.41, 5.74) is 8.48. The number of hydrogen-bond acceptors (Lipinski definition) is 5. The molecule has 0 spiro atoms. The molecular weight excluding hydrogens is 254 g/mol. The first-order chi connectivity index (χ1) is 9.63. The molecule has 5 heteroatoms. The number of rotatable bonds is 2. The van der Waals surface area contributed by atoms with Gasteiger partial charge in [-0.3, -0.25) is 0 Å². The second-order valence-corrected chi connectivity index (χ2v) is 5.05. The first-order valence-electron chi connectivity index (χ1n) is 6.68. The third-order valence-corrected chi connectivity index (χ3v) is 3.19. The fourth-order valence-corrected chi connectivity index (χ4v) is 2.13. The molecule has 2 heterocycles. The molecular formula is C15H17N3O2. The Morgan fingerprint density at radius 2 is 1.80 bits per heavy atom. The number of nitrogens with two attached hydrogens (primary N) is 1. The van der Waals surface area contributed by atoms with Gasteiger partial charge in [0, 0.05) is 11.3 Å². The molecule has 0 fully saturated rings. The molecule has 0 aliphatic carbocycles. The summed E-state index contributed by atoms with van der Waals surface area (Å²) < 4.78 is 11.1. The molecule has 0 saturated carbocycles. The van der Waals surface area contributed by atoms with Crippen molar-refractivity contribution in [1.82, 2.24) is 9.97 Å². The second-order valence-electron chi connectivity index (χ2n) is 5.05. The third kappa shape index (κ3) is 2.39. The molecule has 1 aliphatic rings. The highest BCUT2D eigenvalue weighted by molar-refractivity contribution is 5.65. The Morgan fingerprint density at radius 1 is 1.05 bits per heavy atom. The molecule has 5 nitrogen and oxygen atoms in total. The summed E-state index contributed by atoms with van der Waals surface area (Å²) in [6.07, 6.45) is 0. The molecule has 0 amide bonds. The van der Waals surface area contributed by atoms with E-state index in [2.05, 4.69) is 23.8 Å². The number of ether oxygens (including phenoxy) is 2. The van der Waals surface area contributed by atoms with E-state index in [0.29, 0.717) is 25.1 Å². The first-order valence-corrected chi connectivity index (χ1v) is 6.68. The molecule has 1 aromatic heterocycles. The Labute approximate surface area is 117 Å². The van der Waals surface area contributed by atoms with Crippen LogP contribution in [0, 0.1) is 0 Å². The number of aromatic nitrogens is 2. The van der Waals surface area contributed by atoms with E-state index in [0.717, 1.165) is 28.5 Å². The predicted molar refractivity (Wildman–Crippen MR) is 77.0 cm³/mol. The van der Waals surface area contributed by atoms with E-state index in [1.165, 1.54) is 0 Å². The zero-order valence-corrected chi connectivity index (χ0v) is 11.6. The van der Waals surface area contributed by atoms with Crippen molar-refractivity contribution >= 4 is 5.95 Å². The lowest BCUT2D eigenvalue weighted by atomic mass is 10.1. The number of nitrogens with zero attached hydrogens (tertiary/aromatic N) is 2. The van der Waals surface area contributed by atoms with Gasteiger partial charge in [-0.05, 0) is 30.2 Å². The van der Waals surface area contributed by atoms with Gasteiger partial charge in [-0.25, -0.2) is 9.97 Å². The van der Waals surface area contributed by atoms with Crippen molar-refractivity contribution in [2.45, 2.75) is 19.8 Å². The average molecular weight is 271 g/mol. The maximum Gasteiger partial charge on any atom is 0.220 e. The fraction of sp³-hybridized carbons (Fsp3) is 0.333. The smallest absolute Gasteiger partial charge is 0.220 e. The molecule has 1 aromatic carbocycles. The Kier molecular flexibility index (Phi) is 3.18. The summed E-state index contributed by atoms with van der Waals surface area (Å²) in [6.45, 7) is 5.31. The van der Waals surface area contributed by atoms with Crippen molar-refractivity contribution in [3.63, 3.8) is 0 Å². The summed E-state index contributed by atoms with van der Waals surface area (Å²) in [7, 11) is 0. The number of anilines is 1. The van der Waals surface area contributed by atoms with Gasteiger partial charge in [0.25, 0.3) is 0 Å². The van der Waals surface area contributed by atoms with Crippen molar-refractivity contribution in [3.05, 3.63) is 30.0 Å². The largest absolute Gasteiger partial charge is 0.486 e. The highest BCUT2D eigenvalue weighted by Crippen LogP contribution is 2.34. The van der Waals surface area contributed by atoms with Gasteiger partial charge in [0.05, 0.1) is 5.69 Å². The van der Waals surface area contributed by atoms with E-state index in [1.807, 2.05) is 24.3 Å². The van der Waals surface area contributed by atoms with Gasteiger partial charge in [0.2, 0.25) is 5.95 Å². The zero-order chi connectivity index (χ0) is 14.1. The topological polar surface area (TPSA) is 70.3 Å². The van der Waals surface area contributed by atoms with Crippen LogP contribution in [0.1, 0.15) is 25.5 Å². The van der Waals surface area contributed by atoms with Crippen LogP contribution in [0.15, 0.2) is 24.3 Å². The quantitative estimate of drug-likeness (QED) is 0.909. The van der Waals surface area contributed by atoms with Gasteiger partial charge in [-0.1, -0.05) is 13.8 Å². The standard InChI is InChI=1S/C15H17N3O2/c1-9(2)11-8-12(18-15(16)17-11)10-3-4-13-14(7-10)20-6-5-19-13/h3-4,7-9H,5-6H2,1-2H3,(H2,16,17,18). The number of hydrogen-bond donors (Lipinski definition) is 1. The van der Waals surface area contributed by atoms with Gasteiger partial charge in [0.1, 0.15) is 13.2 Å². The average Bonchev–Trinajstić information content (AvgIpc) is 2.46. The van der Waals surface area contributed by atoms with Gasteiger partial charge < -0.3 is 15.2 Å². The third-order valence-electron chi connectivity index (χ3n) is 3.19. The maximum atomic E-state index is 5.79. The van der Waals surface area contributed by atoms with Crippen molar-refractivity contribution in [2.75, 3.05) is 18.9 Å². The highest BCUT2D eigenvalue weighted by Gasteiger charge is 2.14. The minimum absolute atomic E-state index is 0.293. The normalized spacial score (nSPS) is 13.6. The molecule has 2 aromatic rings. The highest BCUT2D eigenvalue weighted by atomic mass is 16.6. The second kappa shape index (κ2) is 5.00. The Balaban J connectivity index is 2.04. The van der Waals surface area contributed by atoms with Gasteiger partial charge in [-0.15, -0.1) is 0 Å². The zero-order valence-electron chi connectivity index (χ0n) is 11.6.